The first kappa shape index (κ1) is 35.6. The first-order chi connectivity index (χ1) is 20.0. The van der Waals surface area contributed by atoms with Crippen molar-refractivity contribution < 1.29 is 28.0 Å². The van der Waals surface area contributed by atoms with E-state index in [-0.39, 0.29) is 19.3 Å². The van der Waals surface area contributed by atoms with Gasteiger partial charge >= 0.3 is 7.82 Å². The molecule has 2 heterocycles. The molecule has 0 aliphatic heterocycles. The van der Waals surface area contributed by atoms with E-state index in [4.69, 9.17) is 24.3 Å². The Kier molecular flexibility index (Phi) is 19.2. The van der Waals surface area contributed by atoms with E-state index in [1.54, 1.807) is 11.6 Å². The third-order valence-corrected chi connectivity index (χ3v) is 8.35. The van der Waals surface area contributed by atoms with Crippen LogP contribution in [0.3, 0.4) is 0 Å². The van der Waals surface area contributed by atoms with Gasteiger partial charge < -0.3 is 20.1 Å². The van der Waals surface area contributed by atoms with Crippen LogP contribution in [0.5, 0.6) is 0 Å². The van der Waals surface area contributed by atoms with Gasteiger partial charge in [-0.1, -0.05) is 90.4 Å². The Hall–Kier alpha value is -1.55. The number of phosphoric ester groups is 1. The van der Waals surface area contributed by atoms with Gasteiger partial charge in [-0.25, -0.2) is 14.1 Å². The number of nitrogen functional groups attached to an aromatic ring is 1. The molecule has 0 aliphatic carbocycles. The van der Waals surface area contributed by atoms with Crippen LogP contribution in [0.25, 0.3) is 5.52 Å². The monoisotopic (exact) mass is 598 g/mol. The number of rotatable bonds is 27. The van der Waals surface area contributed by atoms with Crippen LogP contribution in [-0.2, 0) is 29.5 Å². The molecule has 2 aromatic rings. The van der Waals surface area contributed by atoms with Crippen LogP contribution in [0.1, 0.15) is 115 Å². The molecule has 3 N–H and O–H groups in total. The Balaban J connectivity index is 1.40. The minimum absolute atomic E-state index is 0.0552. The van der Waals surface area contributed by atoms with Crippen LogP contribution >= 0.6 is 7.82 Å². The molecular weight excluding hydrogens is 543 g/mol. The summed E-state index contributed by atoms with van der Waals surface area (Å²) < 4.78 is 35.3. The van der Waals surface area contributed by atoms with Crippen molar-refractivity contribution in [2.75, 3.05) is 39.3 Å². The number of phosphoric acid groups is 1. The second kappa shape index (κ2) is 22.1. The highest BCUT2D eigenvalue weighted by Crippen LogP contribution is 2.43. The van der Waals surface area contributed by atoms with Gasteiger partial charge in [-0.3, -0.25) is 9.05 Å². The Morgan fingerprint density at radius 2 is 1.49 bits per heavy atom. The van der Waals surface area contributed by atoms with Gasteiger partial charge in [0, 0.05) is 26.0 Å². The number of nitrogens with zero attached hydrogens (tertiary/aromatic N) is 3. The number of unbranched alkanes of at least 4 members (excludes halogenated alkanes) is 13. The summed E-state index contributed by atoms with van der Waals surface area (Å²) in [7, 11) is -2.61. The van der Waals surface area contributed by atoms with Gasteiger partial charge in [-0.05, 0) is 37.8 Å². The van der Waals surface area contributed by atoms with Crippen molar-refractivity contribution in [1.29, 1.82) is 0 Å². The molecule has 0 amide bonds. The van der Waals surface area contributed by atoms with E-state index in [9.17, 15) is 9.46 Å². The lowest BCUT2D eigenvalue weighted by atomic mass is 10.0. The molecule has 0 radical (unpaired) electrons. The minimum Gasteiger partial charge on any atom is -0.382 e. The first-order valence-corrected chi connectivity index (χ1v) is 17.3. The molecule has 0 saturated carbocycles. The molecule has 2 aromatic heterocycles. The van der Waals surface area contributed by atoms with Crippen LogP contribution < -0.4 is 5.73 Å². The number of methoxy groups -OCH3 is 1. The third kappa shape index (κ3) is 16.0. The van der Waals surface area contributed by atoms with E-state index in [1.165, 1.54) is 89.8 Å². The number of anilines is 1. The molecule has 2 rings (SSSR count). The minimum atomic E-state index is -4.16. The summed E-state index contributed by atoms with van der Waals surface area (Å²) in [5.74, 6) is 0.413. The molecule has 0 saturated heterocycles. The molecule has 41 heavy (non-hydrogen) atoms. The van der Waals surface area contributed by atoms with Crippen molar-refractivity contribution >= 4 is 19.2 Å². The predicted molar refractivity (Wildman–Crippen MR) is 164 cm³/mol. The highest BCUT2D eigenvalue weighted by molar-refractivity contribution is 7.47. The second-order valence-corrected chi connectivity index (χ2v) is 12.3. The number of fused-ring (bicyclic) bond motifs is 1. The molecule has 0 bridgehead atoms. The molecule has 0 spiro atoms. The van der Waals surface area contributed by atoms with Crippen LogP contribution in [0.2, 0.25) is 0 Å². The van der Waals surface area contributed by atoms with Gasteiger partial charge in [-0.2, -0.15) is 5.10 Å². The summed E-state index contributed by atoms with van der Waals surface area (Å²) in [6, 6.07) is 3.79. The van der Waals surface area contributed by atoms with Crippen LogP contribution in [0, 0.1) is 0 Å². The highest BCUT2D eigenvalue weighted by Gasteiger charge is 2.23. The van der Waals surface area contributed by atoms with Gasteiger partial charge in [0.1, 0.15) is 11.8 Å². The van der Waals surface area contributed by atoms with Crippen molar-refractivity contribution in [1.82, 2.24) is 14.6 Å². The first-order valence-electron chi connectivity index (χ1n) is 15.8. The molecule has 11 heteroatoms. The normalized spacial score (nSPS) is 14.0. The molecule has 0 aliphatic rings. The maximum Gasteiger partial charge on any atom is 0.472 e. The van der Waals surface area contributed by atoms with Crippen molar-refractivity contribution in [3.05, 3.63) is 24.2 Å². The van der Waals surface area contributed by atoms with Crippen LogP contribution in [0.15, 0.2) is 18.5 Å². The van der Waals surface area contributed by atoms with Gasteiger partial charge in [0.05, 0.1) is 19.3 Å². The van der Waals surface area contributed by atoms with E-state index < -0.39 is 7.82 Å². The van der Waals surface area contributed by atoms with E-state index in [0.717, 1.165) is 24.2 Å². The van der Waals surface area contributed by atoms with Crippen LogP contribution in [0.4, 0.5) is 5.82 Å². The quantitative estimate of drug-likeness (QED) is 0.0804. The Labute approximate surface area is 247 Å². The van der Waals surface area contributed by atoms with Crippen molar-refractivity contribution in [3.63, 3.8) is 0 Å². The molecule has 10 nitrogen and oxygen atoms in total. The summed E-state index contributed by atoms with van der Waals surface area (Å²) in [6.07, 6.45) is 21.4. The summed E-state index contributed by atoms with van der Waals surface area (Å²) in [4.78, 5) is 14.0. The van der Waals surface area contributed by atoms with Crippen molar-refractivity contribution in [2.45, 2.75) is 122 Å². The largest absolute Gasteiger partial charge is 0.472 e. The molecule has 2 unspecified atom stereocenters. The SMILES string of the molecule is CCCCCCCCCCCCCCCCOCCCOP(=O)(O)OCC(CCc1ccc2c(N)ncnn12)OC. The number of aryl methyl sites for hydroxylation is 1. The average molecular weight is 599 g/mol. The average Bonchev–Trinajstić information content (AvgIpc) is 3.38. The zero-order chi connectivity index (χ0) is 29.6. The molecule has 2 atom stereocenters. The maximum atomic E-state index is 12.2. The fourth-order valence-corrected chi connectivity index (χ4v) is 5.62. The van der Waals surface area contributed by atoms with E-state index in [2.05, 4.69) is 17.0 Å². The number of aromatic nitrogens is 3. The number of hydrogen-bond acceptors (Lipinski definition) is 8. The topological polar surface area (TPSA) is 130 Å². The zero-order valence-electron chi connectivity index (χ0n) is 25.5. The Bertz CT molecular complexity index is 976. The molecule has 0 aromatic carbocycles. The lowest BCUT2D eigenvalue weighted by molar-refractivity contribution is 0.0329. The van der Waals surface area contributed by atoms with Crippen LogP contribution in [-0.4, -0.2) is 59.1 Å². The van der Waals surface area contributed by atoms with E-state index >= 15 is 0 Å². The Morgan fingerprint density at radius 1 is 0.878 bits per heavy atom. The number of hydrogen-bond donors (Lipinski definition) is 2. The summed E-state index contributed by atoms with van der Waals surface area (Å²) in [6.45, 7) is 3.53. The predicted octanol–water partition coefficient (Wildman–Crippen LogP) is 7.28. The fraction of sp³-hybridized carbons (Fsp3) is 0.800. The second-order valence-electron chi connectivity index (χ2n) is 10.8. The molecule has 236 valence electrons. The van der Waals surface area contributed by atoms with E-state index in [0.29, 0.717) is 31.7 Å². The summed E-state index contributed by atoms with van der Waals surface area (Å²) in [5.41, 5.74) is 7.55. The smallest absolute Gasteiger partial charge is 0.382 e. The number of nitrogens with two attached hydrogens (primary N) is 1. The molecule has 0 fully saturated rings. The van der Waals surface area contributed by atoms with E-state index in [1.807, 2.05) is 12.1 Å². The fourth-order valence-electron chi connectivity index (χ4n) is 4.83. The van der Waals surface area contributed by atoms with Gasteiger partial charge in [-0.15, -0.1) is 0 Å². The zero-order valence-corrected chi connectivity index (χ0v) is 26.4. The highest BCUT2D eigenvalue weighted by atomic mass is 31.2. The standard InChI is InChI=1S/C30H55N4O6P/c1-3-4-5-6-7-8-9-10-11-12-13-14-15-16-22-38-23-17-24-39-41(35,36)40-25-28(37-2)20-18-27-19-21-29-30(31)32-26-33-34(27)29/h19,21,26,28H,3-18,20,22-25H2,1-2H3,(H,35,36)(H2,31,32,33). The van der Waals surface area contributed by atoms with Crippen molar-refractivity contribution in [3.8, 4) is 0 Å². The summed E-state index contributed by atoms with van der Waals surface area (Å²) >= 11 is 0. The lowest BCUT2D eigenvalue weighted by Crippen LogP contribution is -2.19. The summed E-state index contributed by atoms with van der Waals surface area (Å²) in [5, 5.41) is 4.23. The number of ether oxygens (including phenoxy) is 2. The maximum absolute atomic E-state index is 12.2. The van der Waals surface area contributed by atoms with Gasteiger partial charge in [0.2, 0.25) is 0 Å². The van der Waals surface area contributed by atoms with Crippen molar-refractivity contribution in [2.24, 2.45) is 0 Å². The lowest BCUT2D eigenvalue weighted by Gasteiger charge is -2.18. The van der Waals surface area contributed by atoms with Gasteiger partial charge in [0.25, 0.3) is 0 Å². The molecular formula is C30H55N4O6P. The van der Waals surface area contributed by atoms with Gasteiger partial charge in [0.15, 0.2) is 5.82 Å². The Morgan fingerprint density at radius 3 is 2.12 bits per heavy atom. The third-order valence-electron chi connectivity index (χ3n) is 7.37.